The standard InChI is InChI=1S/C24H23F3N2O2/c1-16-3-5-17(6-4-16)14-29-9-10-31-23-19(15-29)11-18(12-22(23)30-2)21-8-7-20(13-28-21)24(25,26)27/h3-8,11-13H,9-10,14-15H2,1-2H3. The van der Waals surface area contributed by atoms with Gasteiger partial charge in [-0.3, -0.25) is 9.88 Å². The number of methoxy groups -OCH3 is 1. The van der Waals surface area contributed by atoms with Crippen LogP contribution in [0.1, 0.15) is 22.3 Å². The second kappa shape index (κ2) is 8.59. The summed E-state index contributed by atoms with van der Waals surface area (Å²) in [6.07, 6.45) is -3.56. The Hall–Kier alpha value is -3.06. The van der Waals surface area contributed by atoms with Crippen LogP contribution in [0.2, 0.25) is 0 Å². The predicted octanol–water partition coefficient (Wildman–Crippen LogP) is 5.48. The zero-order valence-electron chi connectivity index (χ0n) is 17.4. The van der Waals surface area contributed by atoms with Gasteiger partial charge in [0.2, 0.25) is 0 Å². The molecular formula is C24H23F3N2O2. The number of pyridine rings is 1. The maximum absolute atomic E-state index is 12.9. The fourth-order valence-electron chi connectivity index (χ4n) is 3.66. The van der Waals surface area contributed by atoms with Crippen LogP contribution in [-0.2, 0) is 19.3 Å². The Bertz CT molecular complexity index is 1050. The Morgan fingerprint density at radius 3 is 2.52 bits per heavy atom. The van der Waals surface area contributed by atoms with Gasteiger partial charge in [0, 0.05) is 37.0 Å². The van der Waals surface area contributed by atoms with Crippen LogP contribution < -0.4 is 9.47 Å². The number of aromatic nitrogens is 1. The zero-order chi connectivity index (χ0) is 22.0. The SMILES string of the molecule is COc1cc(-c2ccc(C(F)(F)F)cn2)cc2c1OCCN(Cc1ccc(C)cc1)C2. The summed E-state index contributed by atoms with van der Waals surface area (Å²) in [5, 5.41) is 0. The first-order valence-corrected chi connectivity index (χ1v) is 9.99. The third kappa shape index (κ3) is 4.82. The van der Waals surface area contributed by atoms with Crippen LogP contribution >= 0.6 is 0 Å². The van der Waals surface area contributed by atoms with Gasteiger partial charge in [-0.1, -0.05) is 29.8 Å². The van der Waals surface area contributed by atoms with Crippen LogP contribution in [0.25, 0.3) is 11.3 Å². The molecule has 3 aromatic rings. The molecule has 1 aliphatic heterocycles. The van der Waals surface area contributed by atoms with Gasteiger partial charge in [0.05, 0.1) is 18.4 Å². The number of hydrogen-bond acceptors (Lipinski definition) is 4. The Morgan fingerprint density at radius 1 is 1.10 bits per heavy atom. The number of benzene rings is 2. The molecule has 0 spiro atoms. The number of rotatable bonds is 4. The molecule has 0 saturated heterocycles. The monoisotopic (exact) mass is 428 g/mol. The van der Waals surface area contributed by atoms with Crippen molar-refractivity contribution in [2.24, 2.45) is 0 Å². The first-order chi connectivity index (χ1) is 14.8. The minimum atomic E-state index is -4.42. The molecule has 7 heteroatoms. The summed E-state index contributed by atoms with van der Waals surface area (Å²) < 4.78 is 50.1. The lowest BCUT2D eigenvalue weighted by atomic mass is 10.0. The van der Waals surface area contributed by atoms with Crippen molar-refractivity contribution in [3.05, 3.63) is 77.0 Å². The molecule has 2 heterocycles. The molecule has 0 amide bonds. The average Bonchev–Trinajstić information content (AvgIpc) is 2.96. The van der Waals surface area contributed by atoms with Gasteiger partial charge in [0.1, 0.15) is 6.61 Å². The van der Waals surface area contributed by atoms with Crippen LogP contribution in [0.5, 0.6) is 11.5 Å². The summed E-state index contributed by atoms with van der Waals surface area (Å²) in [4.78, 5) is 6.31. The van der Waals surface area contributed by atoms with Crippen LogP contribution in [0.4, 0.5) is 13.2 Å². The fourth-order valence-corrected chi connectivity index (χ4v) is 3.66. The third-order valence-corrected chi connectivity index (χ3v) is 5.31. The van der Waals surface area contributed by atoms with Gasteiger partial charge in [0.25, 0.3) is 0 Å². The van der Waals surface area contributed by atoms with Crippen molar-refractivity contribution in [3.63, 3.8) is 0 Å². The maximum Gasteiger partial charge on any atom is 0.417 e. The average molecular weight is 428 g/mol. The minimum Gasteiger partial charge on any atom is -0.493 e. The summed E-state index contributed by atoms with van der Waals surface area (Å²) in [7, 11) is 1.55. The van der Waals surface area contributed by atoms with Gasteiger partial charge in [-0.2, -0.15) is 13.2 Å². The Labute approximate surface area is 179 Å². The van der Waals surface area contributed by atoms with E-state index < -0.39 is 11.7 Å². The molecule has 0 unspecified atom stereocenters. The lowest BCUT2D eigenvalue weighted by Gasteiger charge is -2.20. The van der Waals surface area contributed by atoms with E-state index in [1.54, 1.807) is 13.2 Å². The highest BCUT2D eigenvalue weighted by Crippen LogP contribution is 2.38. The van der Waals surface area contributed by atoms with Gasteiger partial charge in [-0.25, -0.2) is 0 Å². The molecule has 1 aliphatic rings. The number of alkyl halides is 3. The third-order valence-electron chi connectivity index (χ3n) is 5.31. The second-order valence-corrected chi connectivity index (χ2v) is 7.64. The normalized spacial score (nSPS) is 14.5. The van der Waals surface area contributed by atoms with Gasteiger partial charge >= 0.3 is 6.18 Å². The molecule has 31 heavy (non-hydrogen) atoms. The number of halogens is 3. The van der Waals surface area contributed by atoms with E-state index in [9.17, 15) is 13.2 Å². The Balaban J connectivity index is 1.64. The van der Waals surface area contributed by atoms with E-state index in [1.807, 2.05) is 6.07 Å². The molecule has 0 atom stereocenters. The number of nitrogens with zero attached hydrogens (tertiary/aromatic N) is 2. The van der Waals surface area contributed by atoms with E-state index in [-0.39, 0.29) is 0 Å². The molecule has 4 nitrogen and oxygen atoms in total. The summed E-state index contributed by atoms with van der Waals surface area (Å²) in [6, 6.07) is 14.5. The lowest BCUT2D eigenvalue weighted by Crippen LogP contribution is -2.25. The Morgan fingerprint density at radius 2 is 1.87 bits per heavy atom. The van der Waals surface area contributed by atoms with Crippen molar-refractivity contribution in [1.29, 1.82) is 0 Å². The summed E-state index contributed by atoms with van der Waals surface area (Å²) in [5.41, 5.74) is 3.70. The van der Waals surface area contributed by atoms with Gasteiger partial charge in [0.15, 0.2) is 11.5 Å². The molecule has 0 radical (unpaired) electrons. The van der Waals surface area contributed by atoms with Crippen LogP contribution in [0.15, 0.2) is 54.7 Å². The Kier molecular flexibility index (Phi) is 5.87. The molecule has 0 aliphatic carbocycles. The van der Waals surface area contributed by atoms with Crippen LogP contribution in [0.3, 0.4) is 0 Å². The molecule has 0 fully saturated rings. The largest absolute Gasteiger partial charge is 0.493 e. The smallest absolute Gasteiger partial charge is 0.417 e. The molecule has 4 rings (SSSR count). The van der Waals surface area contributed by atoms with Crippen molar-refractivity contribution < 1.29 is 22.6 Å². The molecule has 2 aromatic carbocycles. The van der Waals surface area contributed by atoms with Gasteiger partial charge in [-0.05, 0) is 36.8 Å². The van der Waals surface area contributed by atoms with Crippen molar-refractivity contribution >= 4 is 0 Å². The van der Waals surface area contributed by atoms with Crippen LogP contribution in [-0.4, -0.2) is 30.1 Å². The van der Waals surface area contributed by atoms with Crippen molar-refractivity contribution in [2.45, 2.75) is 26.2 Å². The first-order valence-electron chi connectivity index (χ1n) is 9.99. The molecule has 0 N–H and O–H groups in total. The molecular weight excluding hydrogens is 405 g/mol. The van der Waals surface area contributed by atoms with E-state index in [0.717, 1.165) is 30.9 Å². The number of hydrogen-bond donors (Lipinski definition) is 0. The van der Waals surface area contributed by atoms with Gasteiger partial charge in [-0.15, -0.1) is 0 Å². The van der Waals surface area contributed by atoms with Crippen LogP contribution in [0, 0.1) is 6.92 Å². The fraction of sp³-hybridized carbons (Fsp3) is 0.292. The van der Waals surface area contributed by atoms with Crippen molar-refractivity contribution in [2.75, 3.05) is 20.3 Å². The number of fused-ring (bicyclic) bond motifs is 1. The highest BCUT2D eigenvalue weighted by molar-refractivity contribution is 5.66. The summed E-state index contributed by atoms with van der Waals surface area (Å²) in [5.74, 6) is 1.22. The molecule has 0 bridgehead atoms. The topological polar surface area (TPSA) is 34.6 Å². The van der Waals surface area contributed by atoms with E-state index >= 15 is 0 Å². The molecule has 1 aromatic heterocycles. The van der Waals surface area contributed by atoms with E-state index in [4.69, 9.17) is 9.47 Å². The van der Waals surface area contributed by atoms with E-state index in [0.29, 0.717) is 35.9 Å². The molecule has 0 saturated carbocycles. The highest BCUT2D eigenvalue weighted by Gasteiger charge is 2.30. The summed E-state index contributed by atoms with van der Waals surface area (Å²) >= 11 is 0. The zero-order valence-corrected chi connectivity index (χ0v) is 17.4. The highest BCUT2D eigenvalue weighted by atomic mass is 19.4. The van der Waals surface area contributed by atoms with E-state index in [1.165, 1.54) is 17.2 Å². The quantitative estimate of drug-likeness (QED) is 0.551. The van der Waals surface area contributed by atoms with Crippen molar-refractivity contribution in [1.82, 2.24) is 9.88 Å². The summed E-state index contributed by atoms with van der Waals surface area (Å²) in [6.45, 7) is 4.73. The number of aryl methyl sites for hydroxylation is 1. The number of ether oxygens (including phenoxy) is 2. The van der Waals surface area contributed by atoms with E-state index in [2.05, 4.69) is 41.1 Å². The lowest BCUT2D eigenvalue weighted by molar-refractivity contribution is -0.137. The van der Waals surface area contributed by atoms with Crippen molar-refractivity contribution in [3.8, 4) is 22.8 Å². The molecule has 162 valence electrons. The predicted molar refractivity (Wildman–Crippen MR) is 112 cm³/mol. The minimum absolute atomic E-state index is 0.448. The van der Waals surface area contributed by atoms with Gasteiger partial charge < -0.3 is 9.47 Å². The second-order valence-electron chi connectivity index (χ2n) is 7.64. The first kappa shape index (κ1) is 21.2. The maximum atomic E-state index is 12.9.